The maximum atomic E-state index is 10.7. The van der Waals surface area contributed by atoms with Gasteiger partial charge >= 0.3 is 5.97 Å². The molecule has 0 radical (unpaired) electrons. The van der Waals surface area contributed by atoms with E-state index in [1.807, 2.05) is 0 Å². The predicted octanol–water partition coefficient (Wildman–Crippen LogP) is 1.18. The van der Waals surface area contributed by atoms with Crippen molar-refractivity contribution in [1.29, 1.82) is 0 Å². The summed E-state index contributed by atoms with van der Waals surface area (Å²) in [6.07, 6.45) is 1.08. The number of anilines is 2. The number of aromatic carboxylic acids is 1. The third-order valence-electron chi connectivity index (χ3n) is 2.58. The Hall–Kier alpha value is -1.78. The molecule has 1 aromatic rings. The molecule has 0 bridgehead atoms. The summed E-state index contributed by atoms with van der Waals surface area (Å²) < 4.78 is 0. The molecule has 2 rings (SSSR count). The van der Waals surface area contributed by atoms with Crippen molar-refractivity contribution >= 4 is 17.5 Å². The number of carboxylic acids is 1. The molecule has 0 spiro atoms. The highest BCUT2D eigenvalue weighted by Crippen LogP contribution is 2.33. The first-order chi connectivity index (χ1) is 7.08. The van der Waals surface area contributed by atoms with Crippen LogP contribution in [0.1, 0.15) is 23.8 Å². The quantitative estimate of drug-likeness (QED) is 0.692. The Labute approximate surface area is 87.3 Å². The molecule has 80 valence electrons. The second-order valence-electron chi connectivity index (χ2n) is 3.90. The number of nitrogens with one attached hydrogen (secondary N) is 1. The van der Waals surface area contributed by atoms with Crippen molar-refractivity contribution < 1.29 is 9.90 Å². The Kier molecular flexibility index (Phi) is 2.22. The SMILES string of the molecule is CC1CC1Nc1nc(C(=O)O)ccc1N. The minimum Gasteiger partial charge on any atom is -0.477 e. The van der Waals surface area contributed by atoms with Gasteiger partial charge in [0.15, 0.2) is 5.69 Å². The van der Waals surface area contributed by atoms with Gasteiger partial charge in [-0.3, -0.25) is 0 Å². The lowest BCUT2D eigenvalue weighted by atomic mass is 10.3. The number of pyridine rings is 1. The molecule has 0 aliphatic heterocycles. The molecule has 0 aromatic carbocycles. The summed E-state index contributed by atoms with van der Waals surface area (Å²) in [5, 5.41) is 11.9. The van der Waals surface area contributed by atoms with Crippen LogP contribution in [0.5, 0.6) is 0 Å². The lowest BCUT2D eigenvalue weighted by Crippen LogP contribution is -2.10. The number of rotatable bonds is 3. The maximum absolute atomic E-state index is 10.7. The van der Waals surface area contributed by atoms with Crippen LogP contribution in [0.3, 0.4) is 0 Å². The first-order valence-electron chi connectivity index (χ1n) is 4.84. The van der Waals surface area contributed by atoms with Gasteiger partial charge in [0.1, 0.15) is 5.82 Å². The predicted molar refractivity (Wildman–Crippen MR) is 56.8 cm³/mol. The Morgan fingerprint density at radius 2 is 2.33 bits per heavy atom. The van der Waals surface area contributed by atoms with Crippen LogP contribution in [-0.2, 0) is 0 Å². The molecule has 1 aliphatic carbocycles. The molecule has 1 fully saturated rings. The van der Waals surface area contributed by atoms with Gasteiger partial charge < -0.3 is 16.2 Å². The summed E-state index contributed by atoms with van der Waals surface area (Å²) in [5.41, 5.74) is 6.19. The molecular formula is C10H13N3O2. The molecule has 0 amide bonds. The van der Waals surface area contributed by atoms with E-state index in [0.29, 0.717) is 23.5 Å². The third kappa shape index (κ3) is 2.01. The van der Waals surface area contributed by atoms with Crippen molar-refractivity contribution in [3.8, 4) is 0 Å². The lowest BCUT2D eigenvalue weighted by molar-refractivity contribution is 0.0690. The van der Waals surface area contributed by atoms with Gasteiger partial charge in [-0.15, -0.1) is 0 Å². The van der Waals surface area contributed by atoms with Crippen LogP contribution in [0.2, 0.25) is 0 Å². The largest absolute Gasteiger partial charge is 0.477 e. The zero-order chi connectivity index (χ0) is 11.0. The van der Waals surface area contributed by atoms with E-state index in [1.54, 1.807) is 6.07 Å². The molecule has 15 heavy (non-hydrogen) atoms. The standard InChI is InChI=1S/C10H13N3O2/c1-5-4-8(5)13-9-6(11)2-3-7(12-9)10(14)15/h2-3,5,8H,4,11H2,1H3,(H,12,13)(H,14,15). The van der Waals surface area contributed by atoms with Crippen LogP contribution in [0.4, 0.5) is 11.5 Å². The van der Waals surface area contributed by atoms with E-state index in [9.17, 15) is 4.79 Å². The molecule has 4 N–H and O–H groups in total. The number of carboxylic acid groups (broad SMARTS) is 1. The van der Waals surface area contributed by atoms with Gasteiger partial charge in [-0.25, -0.2) is 9.78 Å². The fourth-order valence-corrected chi connectivity index (χ4v) is 1.40. The zero-order valence-electron chi connectivity index (χ0n) is 8.40. The van der Waals surface area contributed by atoms with Gasteiger partial charge in [0.2, 0.25) is 0 Å². The molecule has 1 aromatic heterocycles. The van der Waals surface area contributed by atoms with Gasteiger partial charge in [0.05, 0.1) is 5.69 Å². The zero-order valence-corrected chi connectivity index (χ0v) is 8.40. The highest BCUT2D eigenvalue weighted by Gasteiger charge is 2.33. The van der Waals surface area contributed by atoms with Crippen molar-refractivity contribution in [2.24, 2.45) is 5.92 Å². The van der Waals surface area contributed by atoms with E-state index in [-0.39, 0.29) is 5.69 Å². The maximum Gasteiger partial charge on any atom is 0.354 e. The number of nitrogens with zero attached hydrogens (tertiary/aromatic N) is 1. The summed E-state index contributed by atoms with van der Waals surface area (Å²) in [6, 6.07) is 3.34. The Balaban J connectivity index is 2.20. The van der Waals surface area contributed by atoms with E-state index in [4.69, 9.17) is 10.8 Å². The number of aromatic nitrogens is 1. The Morgan fingerprint density at radius 3 is 2.87 bits per heavy atom. The summed E-state index contributed by atoms with van der Waals surface area (Å²) >= 11 is 0. The fraction of sp³-hybridized carbons (Fsp3) is 0.400. The van der Waals surface area contributed by atoms with Crippen molar-refractivity contribution in [2.45, 2.75) is 19.4 Å². The van der Waals surface area contributed by atoms with Gasteiger partial charge in [0.25, 0.3) is 0 Å². The summed E-state index contributed by atoms with van der Waals surface area (Å²) in [5.74, 6) is 0.0471. The molecular weight excluding hydrogens is 194 g/mol. The Morgan fingerprint density at radius 1 is 1.67 bits per heavy atom. The minimum atomic E-state index is -1.04. The number of nitrogen functional groups attached to an aromatic ring is 1. The van der Waals surface area contributed by atoms with Crippen molar-refractivity contribution in [3.63, 3.8) is 0 Å². The Bertz CT molecular complexity index is 406. The van der Waals surface area contributed by atoms with Crippen LogP contribution in [0.25, 0.3) is 0 Å². The molecule has 5 heteroatoms. The van der Waals surface area contributed by atoms with E-state index in [0.717, 1.165) is 6.42 Å². The van der Waals surface area contributed by atoms with Crippen LogP contribution < -0.4 is 11.1 Å². The molecule has 0 saturated heterocycles. The number of hydrogen-bond donors (Lipinski definition) is 3. The molecule has 1 saturated carbocycles. The van der Waals surface area contributed by atoms with Gasteiger partial charge in [-0.1, -0.05) is 6.92 Å². The van der Waals surface area contributed by atoms with Crippen LogP contribution in [0, 0.1) is 5.92 Å². The number of nitrogens with two attached hydrogens (primary N) is 1. The van der Waals surface area contributed by atoms with Gasteiger partial charge in [0, 0.05) is 6.04 Å². The second-order valence-corrected chi connectivity index (χ2v) is 3.90. The van der Waals surface area contributed by atoms with Crippen LogP contribution >= 0.6 is 0 Å². The van der Waals surface area contributed by atoms with Gasteiger partial charge in [-0.2, -0.15) is 0 Å². The molecule has 2 unspecified atom stereocenters. The molecule has 5 nitrogen and oxygen atoms in total. The average molecular weight is 207 g/mol. The number of hydrogen-bond acceptors (Lipinski definition) is 4. The molecule has 1 heterocycles. The third-order valence-corrected chi connectivity index (χ3v) is 2.58. The van der Waals surface area contributed by atoms with E-state index >= 15 is 0 Å². The van der Waals surface area contributed by atoms with E-state index in [2.05, 4.69) is 17.2 Å². The van der Waals surface area contributed by atoms with Crippen molar-refractivity contribution in [1.82, 2.24) is 4.98 Å². The highest BCUT2D eigenvalue weighted by atomic mass is 16.4. The first-order valence-corrected chi connectivity index (χ1v) is 4.84. The average Bonchev–Trinajstić information content (AvgIpc) is 2.85. The summed E-state index contributed by atoms with van der Waals surface area (Å²) in [4.78, 5) is 14.6. The minimum absolute atomic E-state index is 0.0139. The monoisotopic (exact) mass is 207 g/mol. The van der Waals surface area contributed by atoms with Crippen LogP contribution in [-0.4, -0.2) is 22.1 Å². The van der Waals surface area contributed by atoms with Gasteiger partial charge in [-0.05, 0) is 24.5 Å². The topological polar surface area (TPSA) is 88.2 Å². The molecule has 2 atom stereocenters. The highest BCUT2D eigenvalue weighted by molar-refractivity contribution is 5.86. The van der Waals surface area contributed by atoms with Crippen LogP contribution in [0.15, 0.2) is 12.1 Å². The van der Waals surface area contributed by atoms with Crippen molar-refractivity contribution in [2.75, 3.05) is 11.1 Å². The number of carbonyl (C=O) groups is 1. The fourth-order valence-electron chi connectivity index (χ4n) is 1.40. The second kappa shape index (κ2) is 3.42. The smallest absolute Gasteiger partial charge is 0.354 e. The normalized spacial score (nSPS) is 23.5. The summed E-state index contributed by atoms with van der Waals surface area (Å²) in [7, 11) is 0. The van der Waals surface area contributed by atoms with E-state index < -0.39 is 5.97 Å². The van der Waals surface area contributed by atoms with Crippen molar-refractivity contribution in [3.05, 3.63) is 17.8 Å². The first kappa shape index (κ1) is 9.76. The lowest BCUT2D eigenvalue weighted by Gasteiger charge is -2.07. The van der Waals surface area contributed by atoms with E-state index in [1.165, 1.54) is 6.07 Å². The molecule has 1 aliphatic rings. The summed E-state index contributed by atoms with van der Waals surface area (Å²) in [6.45, 7) is 2.12.